The van der Waals surface area contributed by atoms with Gasteiger partial charge in [0.1, 0.15) is 18.0 Å². The lowest BCUT2D eigenvalue weighted by Crippen LogP contribution is -2.51. The second kappa shape index (κ2) is 6.86. The highest BCUT2D eigenvalue weighted by Gasteiger charge is 2.37. The Morgan fingerprint density at radius 1 is 1.43 bits per heavy atom. The summed E-state index contributed by atoms with van der Waals surface area (Å²) in [5.74, 6) is -0.128. The highest BCUT2D eigenvalue weighted by molar-refractivity contribution is 5.89. The van der Waals surface area contributed by atoms with E-state index in [-0.39, 0.29) is 6.42 Å². The molecule has 0 aromatic heterocycles. The van der Waals surface area contributed by atoms with Crippen molar-refractivity contribution in [3.63, 3.8) is 0 Å². The highest BCUT2D eigenvalue weighted by atomic mass is 16.7. The van der Waals surface area contributed by atoms with E-state index >= 15 is 0 Å². The van der Waals surface area contributed by atoms with Crippen LogP contribution in [0.15, 0.2) is 24.3 Å². The van der Waals surface area contributed by atoms with E-state index in [1.54, 1.807) is 18.2 Å². The Bertz CT molecular complexity index is 490. The Kier molecular flexibility index (Phi) is 5.13. The molecule has 1 aliphatic heterocycles. The van der Waals surface area contributed by atoms with Crippen LogP contribution in [0.4, 0.5) is 0 Å². The van der Waals surface area contributed by atoms with Crippen molar-refractivity contribution in [2.45, 2.75) is 31.0 Å². The zero-order valence-corrected chi connectivity index (χ0v) is 11.5. The third kappa shape index (κ3) is 3.70. The van der Waals surface area contributed by atoms with Gasteiger partial charge in [-0.25, -0.2) is 4.79 Å². The smallest absolute Gasteiger partial charge is 0.337 e. The standard InChI is InChI=1S/C14H18O7/c1-19-14(18)8-3-2-4-9(5-8)20-12-6-10(16)13(17)11(7-15)21-12/h2-5,10-13,15-17H,6-7H2,1H3/t10-,11-,12-,13-/m1/s1. The molecule has 7 heteroatoms. The predicted octanol–water partition coefficient (Wildman–Crippen LogP) is -0.319. The molecule has 0 radical (unpaired) electrons. The number of benzene rings is 1. The quantitative estimate of drug-likeness (QED) is 0.654. The minimum Gasteiger partial charge on any atom is -0.465 e. The average Bonchev–Trinajstić information content (AvgIpc) is 2.50. The SMILES string of the molecule is COC(=O)c1cccc(O[C@H]2C[C@@H](O)[C@@H](O)[C@@H](CO)O2)c1. The van der Waals surface area contributed by atoms with Gasteiger partial charge in [-0.05, 0) is 18.2 Å². The number of esters is 1. The first-order valence-corrected chi connectivity index (χ1v) is 6.52. The maximum atomic E-state index is 11.4. The van der Waals surface area contributed by atoms with Crippen LogP contribution in [0.1, 0.15) is 16.8 Å². The van der Waals surface area contributed by atoms with Gasteiger partial charge in [-0.15, -0.1) is 0 Å². The van der Waals surface area contributed by atoms with Gasteiger partial charge >= 0.3 is 5.97 Å². The highest BCUT2D eigenvalue weighted by Crippen LogP contribution is 2.24. The van der Waals surface area contributed by atoms with E-state index < -0.39 is 37.2 Å². The fourth-order valence-corrected chi connectivity index (χ4v) is 2.11. The third-order valence-electron chi connectivity index (χ3n) is 3.24. The van der Waals surface area contributed by atoms with Crippen LogP contribution < -0.4 is 4.74 Å². The molecule has 0 aliphatic carbocycles. The number of carbonyl (C=O) groups is 1. The summed E-state index contributed by atoms with van der Waals surface area (Å²) in [6, 6.07) is 6.32. The molecule has 0 saturated carbocycles. The number of hydrogen-bond acceptors (Lipinski definition) is 7. The van der Waals surface area contributed by atoms with Crippen molar-refractivity contribution in [1.82, 2.24) is 0 Å². The lowest BCUT2D eigenvalue weighted by atomic mass is 10.0. The topological polar surface area (TPSA) is 105 Å². The second-order valence-electron chi connectivity index (χ2n) is 4.72. The predicted molar refractivity (Wildman–Crippen MR) is 70.8 cm³/mol. The Balaban J connectivity index is 2.06. The molecule has 1 aromatic rings. The first-order chi connectivity index (χ1) is 10.0. The molecule has 3 N–H and O–H groups in total. The molecule has 7 nitrogen and oxygen atoms in total. The van der Waals surface area contributed by atoms with E-state index in [0.717, 1.165) is 0 Å². The number of carbonyl (C=O) groups excluding carboxylic acids is 1. The summed E-state index contributed by atoms with van der Waals surface area (Å²) in [5, 5.41) is 28.4. The first-order valence-electron chi connectivity index (χ1n) is 6.52. The van der Waals surface area contributed by atoms with E-state index in [9.17, 15) is 15.0 Å². The van der Waals surface area contributed by atoms with Gasteiger partial charge in [-0.3, -0.25) is 0 Å². The fourth-order valence-electron chi connectivity index (χ4n) is 2.11. The van der Waals surface area contributed by atoms with Crippen LogP contribution in [0, 0.1) is 0 Å². The number of rotatable bonds is 4. The largest absolute Gasteiger partial charge is 0.465 e. The lowest BCUT2D eigenvalue weighted by molar-refractivity contribution is -0.229. The summed E-state index contributed by atoms with van der Waals surface area (Å²) in [5.41, 5.74) is 0.324. The molecule has 1 fully saturated rings. The van der Waals surface area contributed by atoms with Crippen molar-refractivity contribution in [3.8, 4) is 5.75 Å². The number of methoxy groups -OCH3 is 1. The van der Waals surface area contributed by atoms with Crippen molar-refractivity contribution in [1.29, 1.82) is 0 Å². The van der Waals surface area contributed by atoms with E-state index in [1.165, 1.54) is 13.2 Å². The number of aliphatic hydroxyl groups excluding tert-OH is 3. The van der Waals surface area contributed by atoms with Gasteiger partial charge in [0.05, 0.1) is 25.4 Å². The summed E-state index contributed by atoms with van der Waals surface area (Å²) in [6.45, 7) is -0.430. The Labute approximate surface area is 121 Å². The minimum absolute atomic E-state index is 0.0557. The second-order valence-corrected chi connectivity index (χ2v) is 4.72. The van der Waals surface area contributed by atoms with E-state index in [1.807, 2.05) is 0 Å². The van der Waals surface area contributed by atoms with Crippen LogP contribution in [0.25, 0.3) is 0 Å². The average molecular weight is 298 g/mol. The molecule has 0 spiro atoms. The molecular weight excluding hydrogens is 280 g/mol. The van der Waals surface area contributed by atoms with Gasteiger partial charge in [-0.2, -0.15) is 0 Å². The molecule has 1 saturated heterocycles. The molecule has 1 heterocycles. The third-order valence-corrected chi connectivity index (χ3v) is 3.24. The maximum absolute atomic E-state index is 11.4. The van der Waals surface area contributed by atoms with Gasteiger partial charge in [0.15, 0.2) is 0 Å². The zero-order valence-electron chi connectivity index (χ0n) is 11.5. The van der Waals surface area contributed by atoms with Crippen molar-refractivity contribution in [2.24, 2.45) is 0 Å². The number of ether oxygens (including phenoxy) is 3. The molecule has 4 atom stereocenters. The van der Waals surface area contributed by atoms with Gasteiger partial charge < -0.3 is 29.5 Å². The number of hydrogen-bond donors (Lipinski definition) is 3. The summed E-state index contributed by atoms with van der Waals surface area (Å²) in [6.07, 6.45) is -3.89. The number of aliphatic hydroxyl groups is 3. The van der Waals surface area contributed by atoms with Gasteiger partial charge in [-0.1, -0.05) is 6.07 Å². The summed E-state index contributed by atoms with van der Waals surface area (Å²) >= 11 is 0. The molecule has 1 aromatic carbocycles. The van der Waals surface area contributed by atoms with Crippen molar-refractivity contribution in [2.75, 3.05) is 13.7 Å². The molecule has 0 amide bonds. The van der Waals surface area contributed by atoms with E-state index in [0.29, 0.717) is 11.3 Å². The van der Waals surface area contributed by atoms with Crippen molar-refractivity contribution < 1.29 is 34.3 Å². The molecule has 116 valence electrons. The van der Waals surface area contributed by atoms with Gasteiger partial charge in [0.25, 0.3) is 0 Å². The minimum atomic E-state index is -1.16. The van der Waals surface area contributed by atoms with Crippen LogP contribution in [-0.4, -0.2) is 59.6 Å². The maximum Gasteiger partial charge on any atom is 0.337 e. The summed E-state index contributed by atoms with van der Waals surface area (Å²) < 4.78 is 15.5. The molecule has 2 rings (SSSR count). The monoisotopic (exact) mass is 298 g/mol. The van der Waals surface area contributed by atoms with Crippen LogP contribution in [-0.2, 0) is 9.47 Å². The molecule has 21 heavy (non-hydrogen) atoms. The van der Waals surface area contributed by atoms with E-state index in [2.05, 4.69) is 4.74 Å². The first kappa shape index (κ1) is 15.7. The Morgan fingerprint density at radius 2 is 2.19 bits per heavy atom. The zero-order chi connectivity index (χ0) is 15.4. The summed E-state index contributed by atoms with van der Waals surface area (Å²) in [7, 11) is 1.28. The van der Waals surface area contributed by atoms with Crippen LogP contribution in [0.3, 0.4) is 0 Å². The summed E-state index contributed by atoms with van der Waals surface area (Å²) in [4.78, 5) is 11.4. The van der Waals surface area contributed by atoms with Crippen LogP contribution in [0.5, 0.6) is 5.75 Å². The van der Waals surface area contributed by atoms with Crippen LogP contribution >= 0.6 is 0 Å². The lowest BCUT2D eigenvalue weighted by Gasteiger charge is -2.36. The Morgan fingerprint density at radius 3 is 2.86 bits per heavy atom. The van der Waals surface area contributed by atoms with Crippen LogP contribution in [0.2, 0.25) is 0 Å². The molecule has 0 bridgehead atoms. The van der Waals surface area contributed by atoms with Crippen molar-refractivity contribution in [3.05, 3.63) is 29.8 Å². The van der Waals surface area contributed by atoms with Gasteiger partial charge in [0, 0.05) is 6.42 Å². The molecule has 0 unspecified atom stereocenters. The van der Waals surface area contributed by atoms with Gasteiger partial charge in [0.2, 0.25) is 6.29 Å². The molecule has 1 aliphatic rings. The molecular formula is C14H18O7. The normalized spacial score (nSPS) is 29.0. The fraction of sp³-hybridized carbons (Fsp3) is 0.500. The van der Waals surface area contributed by atoms with Crippen molar-refractivity contribution >= 4 is 5.97 Å². The Hall–Kier alpha value is -1.67. The van der Waals surface area contributed by atoms with E-state index in [4.69, 9.17) is 14.6 Å².